The lowest BCUT2D eigenvalue weighted by Crippen LogP contribution is -2.46. The number of fused-ring (bicyclic) bond motifs is 5. The van der Waals surface area contributed by atoms with E-state index in [-0.39, 0.29) is 0 Å². The van der Waals surface area contributed by atoms with E-state index in [4.69, 9.17) is 20.9 Å². The number of nitrogens with two attached hydrogens (primary N) is 2. The Kier molecular flexibility index (Phi) is 9.33. The van der Waals surface area contributed by atoms with Gasteiger partial charge in [0.1, 0.15) is 12.4 Å². The highest BCUT2D eigenvalue weighted by molar-refractivity contribution is 5.60. The summed E-state index contributed by atoms with van der Waals surface area (Å²) in [5.74, 6) is 4.94. The molecule has 4 nitrogen and oxygen atoms in total. The Morgan fingerprint density at radius 1 is 0.905 bits per heavy atom. The van der Waals surface area contributed by atoms with Crippen LogP contribution in [-0.2, 0) is 4.74 Å². The highest BCUT2D eigenvalue weighted by Gasteiger charge is 2.56. The summed E-state index contributed by atoms with van der Waals surface area (Å²) in [6.07, 6.45) is 23.4. The van der Waals surface area contributed by atoms with Gasteiger partial charge in [0.05, 0.1) is 18.4 Å². The number of anilines is 2. The zero-order chi connectivity index (χ0) is 30.1. The smallest absolute Gasteiger partial charge is 0.142 e. The van der Waals surface area contributed by atoms with Crippen LogP contribution in [0.3, 0.4) is 0 Å². The summed E-state index contributed by atoms with van der Waals surface area (Å²) in [5.41, 5.74) is 17.1. The fourth-order valence-corrected chi connectivity index (χ4v) is 8.89. The Balaban J connectivity index is 1.17. The third kappa shape index (κ3) is 6.11. The first-order chi connectivity index (χ1) is 20.0. The molecule has 0 bridgehead atoms. The molecule has 4 aliphatic carbocycles. The predicted octanol–water partition coefficient (Wildman–Crippen LogP) is 9.15. The van der Waals surface area contributed by atoms with Crippen molar-refractivity contribution in [2.75, 3.05) is 24.7 Å². The van der Waals surface area contributed by atoms with E-state index in [0.29, 0.717) is 70.9 Å². The monoisotopic (exact) mass is 572 g/mol. The van der Waals surface area contributed by atoms with Crippen LogP contribution in [0.5, 0.6) is 5.75 Å². The Hall–Kier alpha value is -2.46. The number of hydrogen-bond donors (Lipinski definition) is 2. The Bertz CT molecular complexity index is 1230. The second-order valence-corrected chi connectivity index (χ2v) is 14.7. The SMILES string of the molecule is CC(C=C[C@H](C)C(C)C)C1CCC2C3=CC=C4CC(OCC=CCOc5ccc(N)cc5N)CC[C@]4(C)C3CC[C@@]21C. The Morgan fingerprint density at radius 3 is 2.45 bits per heavy atom. The van der Waals surface area contributed by atoms with Crippen molar-refractivity contribution in [3.63, 3.8) is 0 Å². The fraction of sp³-hybridized carbons (Fsp3) is 0.632. The van der Waals surface area contributed by atoms with E-state index in [0.717, 1.165) is 24.7 Å². The van der Waals surface area contributed by atoms with Gasteiger partial charge in [-0.2, -0.15) is 0 Å². The van der Waals surface area contributed by atoms with Gasteiger partial charge < -0.3 is 20.9 Å². The van der Waals surface area contributed by atoms with Crippen LogP contribution < -0.4 is 16.2 Å². The van der Waals surface area contributed by atoms with Crippen molar-refractivity contribution in [3.8, 4) is 5.75 Å². The quantitative estimate of drug-likeness (QED) is 0.217. The zero-order valence-electron chi connectivity index (χ0n) is 27.1. The van der Waals surface area contributed by atoms with E-state index in [1.54, 1.807) is 23.3 Å². The maximum atomic E-state index is 6.33. The molecule has 0 radical (unpaired) electrons. The lowest BCUT2D eigenvalue weighted by molar-refractivity contribution is 0.0117. The normalized spacial score (nSPS) is 34.1. The highest BCUT2D eigenvalue weighted by atomic mass is 16.5. The molecular weight excluding hydrogens is 516 g/mol. The Labute approximate surface area is 255 Å². The molecule has 3 fully saturated rings. The summed E-state index contributed by atoms with van der Waals surface area (Å²) in [4.78, 5) is 0. The van der Waals surface area contributed by atoms with Crippen LogP contribution in [0.15, 0.2) is 65.8 Å². The van der Waals surface area contributed by atoms with E-state index in [1.165, 1.54) is 32.1 Å². The first kappa shape index (κ1) is 31.0. The maximum Gasteiger partial charge on any atom is 0.142 e. The molecule has 230 valence electrons. The molecule has 0 aromatic heterocycles. The molecule has 4 N–H and O–H groups in total. The van der Waals surface area contributed by atoms with Gasteiger partial charge in [0.2, 0.25) is 0 Å². The van der Waals surface area contributed by atoms with Gasteiger partial charge in [-0.15, -0.1) is 0 Å². The van der Waals surface area contributed by atoms with Crippen LogP contribution in [-0.4, -0.2) is 19.3 Å². The number of allylic oxidation sites excluding steroid dienone is 5. The average Bonchev–Trinajstić information content (AvgIpc) is 3.31. The van der Waals surface area contributed by atoms with Crippen molar-refractivity contribution in [3.05, 3.63) is 65.8 Å². The Morgan fingerprint density at radius 2 is 1.69 bits per heavy atom. The van der Waals surface area contributed by atoms with Gasteiger partial charge in [-0.25, -0.2) is 0 Å². The first-order valence-electron chi connectivity index (χ1n) is 16.7. The first-order valence-corrected chi connectivity index (χ1v) is 16.7. The van der Waals surface area contributed by atoms with Gasteiger partial charge in [-0.1, -0.05) is 83.1 Å². The molecule has 4 aliphatic rings. The summed E-state index contributed by atoms with van der Waals surface area (Å²) in [6.45, 7) is 15.8. The predicted molar refractivity (Wildman–Crippen MR) is 177 cm³/mol. The summed E-state index contributed by atoms with van der Waals surface area (Å²) in [7, 11) is 0. The lowest BCUT2D eigenvalue weighted by atomic mass is 9.50. The molecule has 5 unspecified atom stereocenters. The zero-order valence-corrected chi connectivity index (χ0v) is 27.1. The van der Waals surface area contributed by atoms with E-state index >= 15 is 0 Å². The van der Waals surface area contributed by atoms with Crippen molar-refractivity contribution < 1.29 is 9.47 Å². The third-order valence-electron chi connectivity index (χ3n) is 12.0. The molecule has 4 heteroatoms. The minimum absolute atomic E-state index is 0.295. The molecule has 8 atom stereocenters. The van der Waals surface area contributed by atoms with Crippen LogP contribution in [0.25, 0.3) is 0 Å². The lowest BCUT2D eigenvalue weighted by Gasteiger charge is -2.55. The molecule has 1 aromatic carbocycles. The minimum Gasteiger partial charge on any atom is -0.487 e. The largest absolute Gasteiger partial charge is 0.487 e. The standard InChI is InChI=1S/C38H56N2O2/c1-25(2)26(3)9-10-27(4)32-14-15-33-31-13-11-28-23-30(17-19-37(28,5)34(31)18-20-38(32,33)6)41-21-7-8-22-42-36-16-12-29(39)24-35(36)40/h7-13,16,24-27,30,32-34H,14-15,17-23,39-40H2,1-6H3/t26-,27?,30?,32?,33?,34?,37-,38+/m0/s1. The molecular formula is C38H56N2O2. The molecule has 0 heterocycles. The molecule has 42 heavy (non-hydrogen) atoms. The number of ether oxygens (including phenoxy) is 2. The van der Waals surface area contributed by atoms with Crippen LogP contribution in [0.1, 0.15) is 86.5 Å². The maximum absolute atomic E-state index is 6.33. The van der Waals surface area contributed by atoms with Crippen LogP contribution in [0.4, 0.5) is 11.4 Å². The van der Waals surface area contributed by atoms with E-state index < -0.39 is 0 Å². The number of benzene rings is 1. The average molecular weight is 573 g/mol. The highest BCUT2D eigenvalue weighted by Crippen LogP contribution is 2.66. The van der Waals surface area contributed by atoms with E-state index in [1.807, 2.05) is 12.1 Å². The third-order valence-corrected chi connectivity index (χ3v) is 12.0. The van der Waals surface area contributed by atoms with Crippen molar-refractivity contribution in [2.45, 2.75) is 92.6 Å². The van der Waals surface area contributed by atoms with Crippen molar-refractivity contribution in [2.24, 2.45) is 46.3 Å². The minimum atomic E-state index is 0.295. The van der Waals surface area contributed by atoms with Crippen molar-refractivity contribution in [1.29, 1.82) is 0 Å². The fourth-order valence-electron chi connectivity index (χ4n) is 8.89. The number of rotatable bonds is 10. The molecule has 5 rings (SSSR count). The van der Waals surface area contributed by atoms with E-state index in [2.05, 4.69) is 71.9 Å². The number of hydrogen-bond acceptors (Lipinski definition) is 4. The van der Waals surface area contributed by atoms with Gasteiger partial charge in [0, 0.05) is 5.69 Å². The molecule has 0 saturated heterocycles. The molecule has 0 aliphatic heterocycles. The topological polar surface area (TPSA) is 70.5 Å². The summed E-state index contributed by atoms with van der Waals surface area (Å²) in [6, 6.07) is 5.34. The summed E-state index contributed by atoms with van der Waals surface area (Å²) in [5, 5.41) is 0. The second kappa shape index (κ2) is 12.6. The van der Waals surface area contributed by atoms with Crippen LogP contribution in [0.2, 0.25) is 0 Å². The van der Waals surface area contributed by atoms with Crippen molar-refractivity contribution >= 4 is 11.4 Å². The summed E-state index contributed by atoms with van der Waals surface area (Å²) < 4.78 is 12.1. The molecule has 3 saturated carbocycles. The molecule has 1 aromatic rings. The van der Waals surface area contributed by atoms with Crippen molar-refractivity contribution in [1.82, 2.24) is 0 Å². The van der Waals surface area contributed by atoms with Gasteiger partial charge in [0.25, 0.3) is 0 Å². The summed E-state index contributed by atoms with van der Waals surface area (Å²) >= 11 is 0. The van der Waals surface area contributed by atoms with Gasteiger partial charge in [-0.3, -0.25) is 0 Å². The van der Waals surface area contributed by atoms with Gasteiger partial charge >= 0.3 is 0 Å². The van der Waals surface area contributed by atoms with Gasteiger partial charge in [0.15, 0.2) is 0 Å². The van der Waals surface area contributed by atoms with Crippen LogP contribution >= 0.6 is 0 Å². The van der Waals surface area contributed by atoms with Crippen LogP contribution in [0, 0.1) is 46.3 Å². The second-order valence-electron chi connectivity index (χ2n) is 14.7. The molecule has 0 amide bonds. The number of nitrogen functional groups attached to an aromatic ring is 2. The van der Waals surface area contributed by atoms with Gasteiger partial charge in [-0.05, 0) is 116 Å². The van der Waals surface area contributed by atoms with E-state index in [9.17, 15) is 0 Å². The molecule has 0 spiro atoms.